The van der Waals surface area contributed by atoms with Crippen LogP contribution in [0.25, 0.3) is 0 Å². The van der Waals surface area contributed by atoms with Gasteiger partial charge in [0.05, 0.1) is 5.69 Å². The Labute approximate surface area is 104 Å². The van der Waals surface area contributed by atoms with Crippen LogP contribution in [0.3, 0.4) is 0 Å². The number of hydrogen-bond acceptors (Lipinski definition) is 3. The van der Waals surface area contributed by atoms with Gasteiger partial charge in [-0.15, -0.1) is 0 Å². The summed E-state index contributed by atoms with van der Waals surface area (Å²) in [6, 6.07) is 7.04. The van der Waals surface area contributed by atoms with E-state index >= 15 is 0 Å². The molecule has 3 heteroatoms. The highest BCUT2D eigenvalue weighted by Gasteiger charge is 2.21. The third-order valence-corrected chi connectivity index (χ3v) is 3.54. The highest BCUT2D eigenvalue weighted by molar-refractivity contribution is 5.41. The molecule has 0 spiro atoms. The third kappa shape index (κ3) is 2.97. The van der Waals surface area contributed by atoms with Crippen molar-refractivity contribution in [3.63, 3.8) is 0 Å². The van der Waals surface area contributed by atoms with Gasteiger partial charge in [0.15, 0.2) is 0 Å². The number of nitrogens with zero attached hydrogens (tertiary/aromatic N) is 2. The van der Waals surface area contributed by atoms with Gasteiger partial charge in [0, 0.05) is 19.1 Å². The van der Waals surface area contributed by atoms with Gasteiger partial charge in [-0.1, -0.05) is 13.0 Å². The highest BCUT2D eigenvalue weighted by atomic mass is 15.2. The highest BCUT2D eigenvalue weighted by Crippen LogP contribution is 2.24. The normalized spacial score (nSPS) is 20.6. The molecule has 1 atom stereocenters. The minimum Gasteiger partial charge on any atom is -0.354 e. The van der Waals surface area contributed by atoms with Crippen LogP contribution >= 0.6 is 0 Å². The fourth-order valence-corrected chi connectivity index (χ4v) is 2.63. The van der Waals surface area contributed by atoms with Crippen molar-refractivity contribution in [1.82, 2.24) is 10.3 Å². The summed E-state index contributed by atoms with van der Waals surface area (Å²) < 4.78 is 0. The van der Waals surface area contributed by atoms with Gasteiger partial charge in [0.1, 0.15) is 5.82 Å². The molecule has 1 fully saturated rings. The molecule has 1 aliphatic heterocycles. The lowest BCUT2D eigenvalue weighted by molar-refractivity contribution is 0.446. The van der Waals surface area contributed by atoms with Crippen LogP contribution in [0, 0.1) is 0 Å². The molecule has 1 saturated heterocycles. The zero-order chi connectivity index (χ0) is 12.1. The Morgan fingerprint density at radius 3 is 3.06 bits per heavy atom. The van der Waals surface area contributed by atoms with Gasteiger partial charge in [-0.3, -0.25) is 0 Å². The Balaban J connectivity index is 2.16. The van der Waals surface area contributed by atoms with Crippen LogP contribution < -0.4 is 10.2 Å². The molecular weight excluding hydrogens is 210 g/mol. The van der Waals surface area contributed by atoms with E-state index in [1.807, 2.05) is 7.05 Å². The predicted octanol–water partition coefficient (Wildman–Crippen LogP) is 2.57. The minimum absolute atomic E-state index is 0.682. The van der Waals surface area contributed by atoms with Crippen LogP contribution in [0.5, 0.6) is 0 Å². The molecule has 94 valence electrons. The van der Waals surface area contributed by atoms with E-state index in [0.717, 1.165) is 24.6 Å². The molecule has 1 aliphatic rings. The summed E-state index contributed by atoms with van der Waals surface area (Å²) in [4.78, 5) is 7.24. The van der Waals surface area contributed by atoms with E-state index in [0.29, 0.717) is 6.04 Å². The lowest BCUT2D eigenvalue weighted by Crippen LogP contribution is -2.39. The Kier molecular flexibility index (Phi) is 4.37. The van der Waals surface area contributed by atoms with Gasteiger partial charge < -0.3 is 10.2 Å². The molecule has 0 aliphatic carbocycles. The van der Waals surface area contributed by atoms with E-state index in [1.54, 1.807) is 0 Å². The Hall–Kier alpha value is -1.09. The van der Waals surface area contributed by atoms with Crippen molar-refractivity contribution in [2.75, 3.05) is 18.5 Å². The van der Waals surface area contributed by atoms with Gasteiger partial charge in [-0.25, -0.2) is 4.98 Å². The molecule has 3 nitrogen and oxygen atoms in total. The summed E-state index contributed by atoms with van der Waals surface area (Å²) in [5.41, 5.74) is 1.13. The lowest BCUT2D eigenvalue weighted by Gasteiger charge is -2.36. The van der Waals surface area contributed by atoms with Crippen molar-refractivity contribution < 1.29 is 0 Å². The molecule has 0 aromatic carbocycles. The van der Waals surface area contributed by atoms with Crippen molar-refractivity contribution in [3.05, 3.63) is 23.9 Å². The van der Waals surface area contributed by atoms with Crippen LogP contribution in [0.4, 0.5) is 5.82 Å². The van der Waals surface area contributed by atoms with E-state index < -0.39 is 0 Å². The topological polar surface area (TPSA) is 28.2 Å². The van der Waals surface area contributed by atoms with Crippen LogP contribution in [0.15, 0.2) is 18.2 Å². The van der Waals surface area contributed by atoms with Crippen molar-refractivity contribution in [3.8, 4) is 0 Å². The van der Waals surface area contributed by atoms with Crippen molar-refractivity contribution in [2.24, 2.45) is 0 Å². The van der Waals surface area contributed by atoms with Crippen molar-refractivity contribution in [1.29, 1.82) is 0 Å². The predicted molar refractivity (Wildman–Crippen MR) is 72.3 cm³/mol. The second-order valence-corrected chi connectivity index (χ2v) is 4.77. The zero-order valence-corrected chi connectivity index (χ0v) is 10.9. The van der Waals surface area contributed by atoms with E-state index in [1.165, 1.54) is 25.7 Å². The summed E-state index contributed by atoms with van der Waals surface area (Å²) >= 11 is 0. The third-order valence-electron chi connectivity index (χ3n) is 3.54. The van der Waals surface area contributed by atoms with E-state index in [9.17, 15) is 0 Å². The molecule has 1 aromatic rings. The molecule has 2 rings (SSSR count). The SMILES string of the molecule is CCC1CCCCN1c1cccc(CNC)n1. The largest absolute Gasteiger partial charge is 0.354 e. The maximum atomic E-state index is 4.75. The fourth-order valence-electron chi connectivity index (χ4n) is 2.63. The van der Waals surface area contributed by atoms with Crippen LogP contribution in [-0.2, 0) is 6.54 Å². The first-order valence-electron chi connectivity index (χ1n) is 6.72. The average molecular weight is 233 g/mol. The van der Waals surface area contributed by atoms with Gasteiger partial charge in [-0.05, 0) is 44.9 Å². The molecule has 17 heavy (non-hydrogen) atoms. The van der Waals surface area contributed by atoms with Crippen LogP contribution in [0.2, 0.25) is 0 Å². The molecule has 0 radical (unpaired) electrons. The summed E-state index contributed by atoms with van der Waals surface area (Å²) in [6.07, 6.45) is 5.20. The van der Waals surface area contributed by atoms with Gasteiger partial charge >= 0.3 is 0 Å². The molecular formula is C14H23N3. The Morgan fingerprint density at radius 2 is 2.29 bits per heavy atom. The lowest BCUT2D eigenvalue weighted by atomic mass is 10.00. The molecule has 0 saturated carbocycles. The van der Waals surface area contributed by atoms with Crippen LogP contribution in [0.1, 0.15) is 38.3 Å². The summed E-state index contributed by atoms with van der Waals surface area (Å²) in [7, 11) is 1.96. The van der Waals surface area contributed by atoms with Gasteiger partial charge in [0.2, 0.25) is 0 Å². The molecule has 2 heterocycles. The second kappa shape index (κ2) is 6.01. The Bertz CT molecular complexity index is 351. The first kappa shape index (κ1) is 12.4. The van der Waals surface area contributed by atoms with E-state index in [4.69, 9.17) is 4.98 Å². The summed E-state index contributed by atoms with van der Waals surface area (Å²) in [6.45, 7) is 4.29. The van der Waals surface area contributed by atoms with Crippen molar-refractivity contribution >= 4 is 5.82 Å². The summed E-state index contributed by atoms with van der Waals surface area (Å²) in [5, 5.41) is 3.16. The molecule has 1 aromatic heterocycles. The van der Waals surface area contributed by atoms with Crippen molar-refractivity contribution in [2.45, 2.75) is 45.2 Å². The molecule has 0 bridgehead atoms. The summed E-state index contributed by atoms with van der Waals surface area (Å²) in [5.74, 6) is 1.16. The number of nitrogens with one attached hydrogen (secondary N) is 1. The Morgan fingerprint density at radius 1 is 1.41 bits per heavy atom. The maximum Gasteiger partial charge on any atom is 0.129 e. The molecule has 1 unspecified atom stereocenters. The fraction of sp³-hybridized carbons (Fsp3) is 0.643. The monoisotopic (exact) mass is 233 g/mol. The number of piperidine rings is 1. The maximum absolute atomic E-state index is 4.75. The van der Waals surface area contributed by atoms with E-state index in [-0.39, 0.29) is 0 Å². The van der Waals surface area contributed by atoms with Gasteiger partial charge in [-0.2, -0.15) is 0 Å². The minimum atomic E-state index is 0.682. The molecule has 1 N–H and O–H groups in total. The first-order chi connectivity index (χ1) is 8.35. The number of aromatic nitrogens is 1. The average Bonchev–Trinajstić information content (AvgIpc) is 2.39. The molecule has 0 amide bonds. The smallest absolute Gasteiger partial charge is 0.129 e. The van der Waals surface area contributed by atoms with Gasteiger partial charge in [0.25, 0.3) is 0 Å². The first-order valence-corrected chi connectivity index (χ1v) is 6.72. The number of rotatable bonds is 4. The zero-order valence-electron chi connectivity index (χ0n) is 10.9. The number of anilines is 1. The number of pyridine rings is 1. The quantitative estimate of drug-likeness (QED) is 0.866. The van der Waals surface area contributed by atoms with Crippen LogP contribution in [-0.4, -0.2) is 24.6 Å². The van der Waals surface area contributed by atoms with E-state index in [2.05, 4.69) is 35.3 Å². The second-order valence-electron chi connectivity index (χ2n) is 4.77. The number of hydrogen-bond donors (Lipinski definition) is 1. The standard InChI is InChI=1S/C14H23N3/c1-3-13-8-4-5-10-17(13)14-9-6-7-12(16-14)11-15-2/h6-7,9,13,15H,3-5,8,10-11H2,1-2H3.